The number of nitrogens with zero attached hydrogens (tertiary/aromatic N) is 3. The topological polar surface area (TPSA) is 87.5 Å². The normalized spacial score (nSPS) is 17.6. The van der Waals surface area contributed by atoms with Gasteiger partial charge in [0.05, 0.1) is 12.1 Å². The van der Waals surface area contributed by atoms with E-state index in [1.807, 2.05) is 0 Å². The summed E-state index contributed by atoms with van der Waals surface area (Å²) in [6.07, 6.45) is -2.71. The predicted molar refractivity (Wildman–Crippen MR) is 93.6 cm³/mol. The number of hydrogen-bond donors (Lipinski definition) is 2. The molecule has 29 heavy (non-hydrogen) atoms. The van der Waals surface area contributed by atoms with E-state index in [0.717, 1.165) is 25.9 Å². The van der Waals surface area contributed by atoms with Crippen LogP contribution in [0.15, 0.2) is 0 Å². The fourth-order valence-electron chi connectivity index (χ4n) is 3.06. The molecule has 0 saturated carbocycles. The van der Waals surface area contributed by atoms with Crippen molar-refractivity contribution >= 4 is 11.9 Å². The number of hydrogen-bond acceptors (Lipinski definition) is 4. The zero-order valence-corrected chi connectivity index (χ0v) is 16.4. The van der Waals surface area contributed by atoms with E-state index in [1.54, 1.807) is 13.8 Å². The van der Waals surface area contributed by atoms with Crippen molar-refractivity contribution in [3.05, 3.63) is 17.0 Å². The van der Waals surface area contributed by atoms with Gasteiger partial charge in [0, 0.05) is 24.3 Å². The minimum absolute atomic E-state index is 0.104. The molecular formula is C17H25F5N4O3. The standard InChI is InChI=1S/C15H24F2N4O.C2HF3O2/c1-10-13(11(2)21(19-10)15(16)17)7-14(22)18-8-12-5-4-6-20(3)9-12;3-2(4,5)1(6)7/h12,15H,4-9H2,1-3H3,(H,18,22);(H,6,7). The van der Waals surface area contributed by atoms with Crippen LogP contribution in [0.5, 0.6) is 0 Å². The van der Waals surface area contributed by atoms with Crippen LogP contribution in [0.25, 0.3) is 0 Å². The monoisotopic (exact) mass is 428 g/mol. The molecule has 1 aromatic heterocycles. The summed E-state index contributed by atoms with van der Waals surface area (Å²) < 4.78 is 58.0. The highest BCUT2D eigenvalue weighted by Gasteiger charge is 2.38. The minimum Gasteiger partial charge on any atom is -0.475 e. The number of nitrogens with one attached hydrogen (secondary N) is 1. The van der Waals surface area contributed by atoms with Crippen LogP contribution in [-0.4, -0.2) is 64.5 Å². The highest BCUT2D eigenvalue weighted by Crippen LogP contribution is 2.20. The number of aryl methyl sites for hydroxylation is 1. The Kier molecular flexibility index (Phi) is 8.99. The van der Waals surface area contributed by atoms with E-state index in [-0.39, 0.29) is 12.3 Å². The molecule has 1 unspecified atom stereocenters. The van der Waals surface area contributed by atoms with E-state index in [9.17, 15) is 26.7 Å². The van der Waals surface area contributed by atoms with Crippen molar-refractivity contribution in [3.8, 4) is 0 Å². The van der Waals surface area contributed by atoms with Crippen molar-refractivity contribution in [2.75, 3.05) is 26.7 Å². The number of likely N-dealkylation sites (tertiary alicyclic amines) is 1. The van der Waals surface area contributed by atoms with Crippen LogP contribution >= 0.6 is 0 Å². The molecule has 1 saturated heterocycles. The van der Waals surface area contributed by atoms with Crippen molar-refractivity contribution in [2.45, 2.75) is 45.8 Å². The first-order valence-electron chi connectivity index (χ1n) is 8.91. The molecule has 1 aliphatic rings. The summed E-state index contributed by atoms with van der Waals surface area (Å²) in [5.74, 6) is -2.42. The second-order valence-electron chi connectivity index (χ2n) is 6.93. The highest BCUT2D eigenvalue weighted by molar-refractivity contribution is 5.79. The lowest BCUT2D eigenvalue weighted by Gasteiger charge is -2.29. The van der Waals surface area contributed by atoms with Gasteiger partial charge in [0.2, 0.25) is 5.91 Å². The van der Waals surface area contributed by atoms with Gasteiger partial charge < -0.3 is 15.3 Å². The summed E-state index contributed by atoms with van der Waals surface area (Å²) >= 11 is 0. The average Bonchev–Trinajstić information content (AvgIpc) is 2.88. The first kappa shape index (κ1) is 24.8. The van der Waals surface area contributed by atoms with E-state index in [2.05, 4.69) is 22.4 Å². The molecule has 12 heteroatoms. The molecular weight excluding hydrogens is 403 g/mol. The van der Waals surface area contributed by atoms with Crippen molar-refractivity contribution in [3.63, 3.8) is 0 Å². The molecule has 1 fully saturated rings. The summed E-state index contributed by atoms with van der Waals surface area (Å²) in [5, 5.41) is 13.9. The molecule has 7 nitrogen and oxygen atoms in total. The molecule has 1 amide bonds. The Labute approximate surface area is 164 Å². The molecule has 166 valence electrons. The molecule has 0 radical (unpaired) electrons. The molecule has 1 aromatic rings. The van der Waals surface area contributed by atoms with Crippen molar-refractivity contribution < 1.29 is 36.6 Å². The minimum atomic E-state index is -5.08. The number of aliphatic carboxylic acids is 1. The molecule has 2 heterocycles. The van der Waals surface area contributed by atoms with Crippen LogP contribution in [-0.2, 0) is 16.0 Å². The zero-order chi connectivity index (χ0) is 22.4. The summed E-state index contributed by atoms with van der Waals surface area (Å²) in [5.41, 5.74) is 1.45. The number of amides is 1. The third kappa shape index (κ3) is 7.95. The largest absolute Gasteiger partial charge is 0.490 e. The first-order chi connectivity index (χ1) is 13.3. The average molecular weight is 428 g/mol. The fourth-order valence-corrected chi connectivity index (χ4v) is 3.06. The van der Waals surface area contributed by atoms with Gasteiger partial charge in [0.1, 0.15) is 0 Å². The molecule has 2 N–H and O–H groups in total. The number of piperidine rings is 1. The number of alkyl halides is 5. The van der Waals surface area contributed by atoms with Crippen molar-refractivity contribution in [1.29, 1.82) is 0 Å². The van der Waals surface area contributed by atoms with Crippen LogP contribution in [0.1, 0.15) is 36.3 Å². The molecule has 0 aromatic carbocycles. The van der Waals surface area contributed by atoms with E-state index in [1.165, 1.54) is 0 Å². The van der Waals surface area contributed by atoms with E-state index in [0.29, 0.717) is 34.1 Å². The number of carboxylic acids is 1. The number of carbonyl (C=O) groups excluding carboxylic acids is 1. The Morgan fingerprint density at radius 1 is 1.31 bits per heavy atom. The van der Waals surface area contributed by atoms with Gasteiger partial charge in [-0.1, -0.05) is 0 Å². The van der Waals surface area contributed by atoms with Crippen LogP contribution in [0, 0.1) is 19.8 Å². The first-order valence-corrected chi connectivity index (χ1v) is 8.91. The van der Waals surface area contributed by atoms with E-state index >= 15 is 0 Å². The fraction of sp³-hybridized carbons (Fsp3) is 0.706. The predicted octanol–water partition coefficient (Wildman–Crippen LogP) is 2.53. The van der Waals surface area contributed by atoms with E-state index in [4.69, 9.17) is 9.90 Å². The summed E-state index contributed by atoms with van der Waals surface area (Å²) in [6.45, 7) is 3.30. The highest BCUT2D eigenvalue weighted by atomic mass is 19.4. The number of rotatable bonds is 5. The van der Waals surface area contributed by atoms with Crippen LogP contribution in [0.3, 0.4) is 0 Å². The van der Waals surface area contributed by atoms with Crippen LogP contribution in [0.4, 0.5) is 22.0 Å². The zero-order valence-electron chi connectivity index (χ0n) is 16.4. The van der Waals surface area contributed by atoms with Gasteiger partial charge in [0.15, 0.2) is 0 Å². The SMILES string of the molecule is Cc1nn(C(F)F)c(C)c1CC(=O)NCC1CCCN(C)C1.O=C(O)C(F)(F)F. The molecule has 0 bridgehead atoms. The molecule has 2 rings (SSSR count). The van der Waals surface area contributed by atoms with Crippen molar-refractivity contribution in [2.24, 2.45) is 5.92 Å². The van der Waals surface area contributed by atoms with Crippen LogP contribution < -0.4 is 5.32 Å². The quantitative estimate of drug-likeness (QED) is 0.704. The Morgan fingerprint density at radius 2 is 1.90 bits per heavy atom. The Balaban J connectivity index is 0.000000516. The summed E-state index contributed by atoms with van der Waals surface area (Å²) in [7, 11) is 2.08. The summed E-state index contributed by atoms with van der Waals surface area (Å²) in [4.78, 5) is 23.2. The number of halogens is 5. The van der Waals surface area contributed by atoms with Gasteiger partial charge in [0.25, 0.3) is 0 Å². The molecule has 1 atom stereocenters. The lowest BCUT2D eigenvalue weighted by atomic mass is 9.98. The van der Waals surface area contributed by atoms with E-state index < -0.39 is 18.7 Å². The number of carbonyl (C=O) groups is 2. The number of carboxylic acid groups (broad SMARTS) is 1. The second kappa shape index (κ2) is 10.5. The van der Waals surface area contributed by atoms with Gasteiger partial charge >= 0.3 is 18.7 Å². The van der Waals surface area contributed by atoms with Gasteiger partial charge in [-0.3, -0.25) is 4.79 Å². The van der Waals surface area contributed by atoms with Crippen LogP contribution in [0.2, 0.25) is 0 Å². The Bertz CT molecular complexity index is 706. The maximum Gasteiger partial charge on any atom is 0.490 e. The smallest absolute Gasteiger partial charge is 0.475 e. The third-order valence-corrected chi connectivity index (χ3v) is 4.55. The Hall–Kier alpha value is -2.24. The molecule has 0 aliphatic carbocycles. The van der Waals surface area contributed by atoms with Crippen molar-refractivity contribution in [1.82, 2.24) is 20.0 Å². The maximum absolute atomic E-state index is 12.8. The second-order valence-corrected chi connectivity index (χ2v) is 6.93. The molecule has 1 aliphatic heterocycles. The maximum atomic E-state index is 12.8. The lowest BCUT2D eigenvalue weighted by molar-refractivity contribution is -0.192. The number of aromatic nitrogens is 2. The lowest BCUT2D eigenvalue weighted by Crippen LogP contribution is -2.39. The van der Waals surface area contributed by atoms with Gasteiger partial charge in [-0.2, -0.15) is 27.1 Å². The molecule has 0 spiro atoms. The third-order valence-electron chi connectivity index (χ3n) is 4.55. The van der Waals surface area contributed by atoms with Gasteiger partial charge in [-0.15, -0.1) is 0 Å². The summed E-state index contributed by atoms with van der Waals surface area (Å²) in [6, 6.07) is 0. The van der Waals surface area contributed by atoms with Gasteiger partial charge in [-0.05, 0) is 46.2 Å². The Morgan fingerprint density at radius 3 is 2.34 bits per heavy atom. The van der Waals surface area contributed by atoms with Gasteiger partial charge in [-0.25, -0.2) is 9.48 Å².